The highest BCUT2D eigenvalue weighted by Gasteiger charge is 2.72. The van der Waals surface area contributed by atoms with Crippen LogP contribution in [0.4, 0.5) is 0 Å². The largest absolute Gasteiger partial charge is 0.483 e. The van der Waals surface area contributed by atoms with Crippen LogP contribution in [0, 0.1) is 5.92 Å². The van der Waals surface area contributed by atoms with Crippen LogP contribution in [0.1, 0.15) is 63.8 Å². The zero-order valence-electron chi connectivity index (χ0n) is 19.1. The Morgan fingerprint density at radius 3 is 2.78 bits per heavy atom. The summed E-state index contributed by atoms with van der Waals surface area (Å²) in [4.78, 5) is 32.9. The fraction of sp³-hybridized carbons (Fsp3) is 0.538. The molecule has 2 aromatic rings. The standard InChI is InChI=1S/C26H29N3O3/c1-23(2)10-8-15-17(32-23)7-6-14-16-12-26-18(24(3,4)20(16)27-19(14)15)13-25(21(30)28-26)9-5-11-29(25)22(26)31/h6-8,10,18,27H,5,9,11-13H2,1-4H3,(H,28,30)/t18?,25-,26-/m1/s1/i21+1. The van der Waals surface area contributed by atoms with Crippen LogP contribution in [-0.2, 0) is 21.4 Å². The molecule has 3 atom stereocenters. The lowest BCUT2D eigenvalue weighted by atomic mass is 9.53. The molecule has 2 bridgehead atoms. The van der Waals surface area contributed by atoms with Crippen LogP contribution in [0.2, 0.25) is 0 Å². The van der Waals surface area contributed by atoms with Gasteiger partial charge in [-0.15, -0.1) is 0 Å². The van der Waals surface area contributed by atoms with E-state index in [2.05, 4.69) is 56.2 Å². The Kier molecular flexibility index (Phi) is 3.07. The van der Waals surface area contributed by atoms with Gasteiger partial charge in [-0.05, 0) is 63.0 Å². The lowest BCUT2D eigenvalue weighted by molar-refractivity contribution is -0.179. The Labute approximate surface area is 187 Å². The Morgan fingerprint density at radius 2 is 1.97 bits per heavy atom. The molecule has 2 spiro atoms. The van der Waals surface area contributed by atoms with Crippen LogP contribution in [0.5, 0.6) is 5.75 Å². The van der Waals surface area contributed by atoms with Gasteiger partial charge in [-0.25, -0.2) is 0 Å². The van der Waals surface area contributed by atoms with Crippen molar-refractivity contribution in [1.29, 1.82) is 0 Å². The first-order valence-electron chi connectivity index (χ1n) is 11.8. The second-order valence-corrected chi connectivity index (χ2v) is 11.6. The van der Waals surface area contributed by atoms with Crippen molar-refractivity contribution in [3.05, 3.63) is 35.0 Å². The van der Waals surface area contributed by atoms with E-state index in [0.717, 1.165) is 47.0 Å². The summed E-state index contributed by atoms with van der Waals surface area (Å²) in [6.07, 6.45) is 7.22. The van der Waals surface area contributed by atoms with E-state index in [1.807, 2.05) is 11.0 Å². The molecule has 1 aromatic heterocycles. The summed E-state index contributed by atoms with van der Waals surface area (Å²) in [5.74, 6) is 1.13. The molecule has 1 aromatic carbocycles. The number of hydrogen-bond acceptors (Lipinski definition) is 3. The summed E-state index contributed by atoms with van der Waals surface area (Å²) in [5, 5.41) is 4.41. The summed E-state index contributed by atoms with van der Waals surface area (Å²) >= 11 is 0. The number of aromatic amines is 1. The summed E-state index contributed by atoms with van der Waals surface area (Å²) in [5.41, 5.74) is 2.38. The number of amides is 2. The van der Waals surface area contributed by atoms with Crippen molar-refractivity contribution in [1.82, 2.24) is 15.2 Å². The van der Waals surface area contributed by atoms with E-state index in [1.165, 1.54) is 5.69 Å². The van der Waals surface area contributed by atoms with Crippen LogP contribution in [-0.4, -0.2) is 44.9 Å². The van der Waals surface area contributed by atoms with Crippen LogP contribution in [0.3, 0.4) is 0 Å². The quantitative estimate of drug-likeness (QED) is 0.627. The molecule has 6 heterocycles. The van der Waals surface area contributed by atoms with Crippen molar-refractivity contribution in [3.8, 4) is 5.75 Å². The molecule has 8 rings (SSSR count). The molecule has 2 amide bonds. The van der Waals surface area contributed by atoms with Crippen molar-refractivity contribution in [3.63, 3.8) is 0 Å². The van der Waals surface area contributed by atoms with Gasteiger partial charge in [0.05, 0.1) is 5.52 Å². The monoisotopic (exact) mass is 432 g/mol. The number of aromatic nitrogens is 1. The number of nitrogens with one attached hydrogen (secondary N) is 2. The van der Waals surface area contributed by atoms with Gasteiger partial charge in [0.1, 0.15) is 22.4 Å². The van der Waals surface area contributed by atoms with Gasteiger partial charge in [-0.1, -0.05) is 13.8 Å². The lowest BCUT2D eigenvalue weighted by Gasteiger charge is -2.64. The molecular weight excluding hydrogens is 403 g/mol. The highest BCUT2D eigenvalue weighted by Crippen LogP contribution is 2.59. The zero-order valence-corrected chi connectivity index (χ0v) is 19.1. The molecule has 0 saturated carbocycles. The second-order valence-electron chi connectivity index (χ2n) is 11.6. The van der Waals surface area contributed by atoms with Gasteiger partial charge in [-0.2, -0.15) is 0 Å². The third kappa shape index (κ3) is 1.90. The highest BCUT2D eigenvalue weighted by atomic mass is 16.5. The first-order valence-corrected chi connectivity index (χ1v) is 11.8. The number of nitrogens with zero attached hydrogens (tertiary/aromatic N) is 1. The molecular formula is C26H29N3O3. The van der Waals surface area contributed by atoms with E-state index in [-0.39, 0.29) is 28.7 Å². The van der Waals surface area contributed by atoms with E-state index in [9.17, 15) is 9.59 Å². The van der Waals surface area contributed by atoms with Gasteiger partial charge in [0.2, 0.25) is 11.8 Å². The average molecular weight is 433 g/mol. The zero-order chi connectivity index (χ0) is 22.3. The Balaban J connectivity index is 1.46. The number of H-pyrrole nitrogens is 1. The number of benzene rings is 1. The number of carbonyl (C=O) groups excluding carboxylic acids is 2. The van der Waals surface area contributed by atoms with E-state index in [0.29, 0.717) is 13.0 Å². The van der Waals surface area contributed by atoms with Crippen molar-refractivity contribution in [2.24, 2.45) is 5.92 Å². The molecule has 1 unspecified atom stereocenters. The number of carbonyl (C=O) groups is 2. The van der Waals surface area contributed by atoms with Crippen LogP contribution < -0.4 is 10.1 Å². The maximum Gasteiger partial charge on any atom is 0.249 e. The molecule has 2 N–H and O–H groups in total. The second kappa shape index (κ2) is 5.24. The smallest absolute Gasteiger partial charge is 0.249 e. The maximum absolute atomic E-state index is 13.9. The van der Waals surface area contributed by atoms with Gasteiger partial charge in [0, 0.05) is 40.9 Å². The minimum atomic E-state index is -0.848. The number of piperazine rings is 1. The van der Waals surface area contributed by atoms with Gasteiger partial charge in [0.15, 0.2) is 0 Å². The highest BCUT2D eigenvalue weighted by molar-refractivity contribution is 6.06. The fourth-order valence-electron chi connectivity index (χ4n) is 7.56. The molecule has 1 aliphatic carbocycles. The molecule has 0 radical (unpaired) electrons. The first-order chi connectivity index (χ1) is 15.1. The van der Waals surface area contributed by atoms with E-state index < -0.39 is 11.1 Å². The van der Waals surface area contributed by atoms with Crippen LogP contribution in [0.25, 0.3) is 17.0 Å². The van der Waals surface area contributed by atoms with Crippen molar-refractivity contribution in [2.45, 2.75) is 75.5 Å². The van der Waals surface area contributed by atoms with Gasteiger partial charge in [0.25, 0.3) is 0 Å². The molecule has 4 fully saturated rings. The molecule has 166 valence electrons. The third-order valence-corrected chi connectivity index (χ3v) is 9.09. The fourth-order valence-corrected chi connectivity index (χ4v) is 7.56. The topological polar surface area (TPSA) is 74.4 Å². The first kappa shape index (κ1) is 18.8. The summed E-state index contributed by atoms with van der Waals surface area (Å²) in [7, 11) is 0. The van der Waals surface area contributed by atoms with Gasteiger partial charge >= 0.3 is 0 Å². The molecule has 32 heavy (non-hydrogen) atoms. The van der Waals surface area contributed by atoms with Gasteiger partial charge < -0.3 is 19.9 Å². The third-order valence-electron chi connectivity index (χ3n) is 9.09. The van der Waals surface area contributed by atoms with Crippen molar-refractivity contribution >= 4 is 28.8 Å². The van der Waals surface area contributed by atoms with Crippen molar-refractivity contribution < 1.29 is 14.3 Å². The van der Waals surface area contributed by atoms with Crippen molar-refractivity contribution in [2.75, 3.05) is 6.54 Å². The number of piperidine rings is 2. The van der Waals surface area contributed by atoms with Gasteiger partial charge in [-0.3, -0.25) is 9.59 Å². The number of hydrogen-bond donors (Lipinski definition) is 2. The van der Waals surface area contributed by atoms with E-state index in [4.69, 9.17) is 4.74 Å². The Hall–Kier alpha value is -2.76. The molecule has 5 aliphatic heterocycles. The SMILES string of the molecule is CC1(C)C=Cc2c(ccc3c4c([nH]c23)C(C)(C)C2C[C@@]35CCCN3C(=O)[C@]2(C4)N[13C]5=O)O1. The normalized spacial score (nSPS) is 35.1. The Bertz CT molecular complexity index is 1280. The number of ether oxygens (including phenoxy) is 1. The Morgan fingerprint density at radius 1 is 1.16 bits per heavy atom. The summed E-state index contributed by atoms with van der Waals surface area (Å²) < 4.78 is 6.21. The predicted octanol–water partition coefficient (Wildman–Crippen LogP) is 3.44. The minimum Gasteiger partial charge on any atom is -0.483 e. The van der Waals surface area contributed by atoms with E-state index >= 15 is 0 Å². The number of rotatable bonds is 0. The lowest BCUT2D eigenvalue weighted by Crippen LogP contribution is -2.84. The van der Waals surface area contributed by atoms with E-state index in [1.54, 1.807) is 0 Å². The predicted molar refractivity (Wildman–Crippen MR) is 121 cm³/mol. The molecule has 4 saturated heterocycles. The minimum absolute atomic E-state index is 0.0564. The number of fused-ring (bicyclic) bond motifs is 6. The van der Waals surface area contributed by atoms with Crippen LogP contribution in [0.15, 0.2) is 18.2 Å². The van der Waals surface area contributed by atoms with Crippen LogP contribution >= 0.6 is 0 Å². The molecule has 6 aliphatic rings. The summed E-state index contributed by atoms with van der Waals surface area (Å²) in [6, 6.07) is 4.16. The molecule has 6 heteroatoms. The maximum atomic E-state index is 13.9. The average Bonchev–Trinajstić information content (AvgIpc) is 3.32. The molecule has 6 nitrogen and oxygen atoms in total. The summed E-state index contributed by atoms with van der Waals surface area (Å²) in [6.45, 7) is 9.29.